The lowest BCUT2D eigenvalue weighted by Gasteiger charge is -2.40. The number of alkyl halides is 2. The number of hydrogen-bond donors (Lipinski definition) is 1. The van der Waals surface area contributed by atoms with E-state index in [1.54, 1.807) is 48.5 Å². The van der Waals surface area contributed by atoms with E-state index in [4.69, 9.17) is 16.4 Å². The summed E-state index contributed by atoms with van der Waals surface area (Å²) in [5.41, 5.74) is 0.509. The fraction of sp³-hybridized carbons (Fsp3) is 0.421. The van der Waals surface area contributed by atoms with Gasteiger partial charge in [-0.3, -0.25) is 14.5 Å². The highest BCUT2D eigenvalue weighted by Crippen LogP contribution is 2.40. The first-order valence-electron chi connectivity index (χ1n) is 8.90. The Morgan fingerprint density at radius 1 is 1.38 bits per heavy atom. The van der Waals surface area contributed by atoms with Crippen molar-refractivity contribution in [1.82, 2.24) is 9.88 Å². The highest BCUT2D eigenvalue weighted by molar-refractivity contribution is 6.30. The number of anilines is 1. The van der Waals surface area contributed by atoms with E-state index >= 15 is 0 Å². The Kier molecular flexibility index (Phi) is 8.12. The normalized spacial score (nSPS) is 19.7. The van der Waals surface area contributed by atoms with Gasteiger partial charge in [-0.1, -0.05) is 11.6 Å². The van der Waals surface area contributed by atoms with Crippen molar-refractivity contribution in [3.05, 3.63) is 53.4 Å². The van der Waals surface area contributed by atoms with E-state index < -0.39 is 17.9 Å². The number of halogens is 4. The quantitative estimate of drug-likeness (QED) is 0.414. The van der Waals surface area contributed by atoms with Gasteiger partial charge in [-0.25, -0.2) is 13.8 Å². The van der Waals surface area contributed by atoms with Gasteiger partial charge in [-0.05, 0) is 24.6 Å². The highest BCUT2D eigenvalue weighted by Gasteiger charge is 2.46. The number of amides is 1. The Bertz CT molecular complexity index is 824. The molecule has 1 aliphatic heterocycles. The third-order valence-corrected chi connectivity index (χ3v) is 5.23. The van der Waals surface area contributed by atoms with Gasteiger partial charge < -0.3 is 29.3 Å². The van der Waals surface area contributed by atoms with Crippen LogP contribution >= 0.6 is 11.6 Å². The van der Waals surface area contributed by atoms with E-state index in [2.05, 4.69) is 10.3 Å². The number of aromatic nitrogens is 2. The van der Waals surface area contributed by atoms with E-state index in [0.29, 0.717) is 16.4 Å². The molecule has 0 bridgehead atoms. The number of likely N-dealkylation sites (tertiary alicyclic amines) is 1. The predicted molar refractivity (Wildman–Crippen MR) is 100 cm³/mol. The van der Waals surface area contributed by atoms with Gasteiger partial charge in [0.05, 0.1) is 17.0 Å². The predicted octanol–water partition coefficient (Wildman–Crippen LogP) is -0.463. The summed E-state index contributed by atoms with van der Waals surface area (Å²) in [7, 11) is 1.49. The summed E-state index contributed by atoms with van der Waals surface area (Å²) < 4.78 is 30.6. The number of piperidine rings is 1. The molecule has 1 aliphatic rings. The van der Waals surface area contributed by atoms with E-state index in [1.165, 1.54) is 18.0 Å². The first kappa shape index (κ1) is 23.7. The van der Waals surface area contributed by atoms with Gasteiger partial charge in [0, 0.05) is 42.6 Å². The van der Waals surface area contributed by atoms with Crippen LogP contribution in [-0.4, -0.2) is 48.0 Å². The zero-order chi connectivity index (χ0) is 20.3. The number of rotatable bonds is 5. The average Bonchev–Trinajstić information content (AvgIpc) is 2.69. The third kappa shape index (κ3) is 5.73. The molecule has 1 fully saturated rings. The van der Waals surface area contributed by atoms with Crippen molar-refractivity contribution < 1.29 is 47.1 Å². The molecular weight excluding hydrogens is 517 g/mol. The highest BCUT2D eigenvalue weighted by atomic mass is 127. The minimum atomic E-state index is -2.84. The smallest absolute Gasteiger partial charge is 0.257 e. The minimum Gasteiger partial charge on any atom is -1.00 e. The van der Waals surface area contributed by atoms with Gasteiger partial charge in [-0.15, -0.1) is 0 Å². The van der Waals surface area contributed by atoms with Crippen molar-refractivity contribution >= 4 is 23.3 Å². The van der Waals surface area contributed by atoms with Crippen molar-refractivity contribution in [2.24, 2.45) is 0 Å². The molecule has 0 radical (unpaired) electrons. The van der Waals surface area contributed by atoms with E-state index in [9.17, 15) is 13.6 Å². The summed E-state index contributed by atoms with van der Waals surface area (Å²) in [4.78, 5) is 23.4. The molecule has 29 heavy (non-hydrogen) atoms. The van der Waals surface area contributed by atoms with Crippen LogP contribution < -0.4 is 38.9 Å². The van der Waals surface area contributed by atoms with E-state index in [-0.39, 0.29) is 49.4 Å². The monoisotopic (exact) mass is 538 g/mol. The van der Waals surface area contributed by atoms with Crippen LogP contribution in [0.1, 0.15) is 24.8 Å². The molecule has 0 aliphatic carbocycles. The maximum atomic E-state index is 14.6. The van der Waals surface area contributed by atoms with Crippen LogP contribution in [0, 0.1) is 0 Å². The zero-order valence-corrected chi connectivity index (χ0v) is 18.9. The van der Waals surface area contributed by atoms with Gasteiger partial charge >= 0.3 is 0 Å². The second-order valence-electron chi connectivity index (χ2n) is 6.76. The fourth-order valence-corrected chi connectivity index (χ4v) is 3.36. The molecule has 3 rings (SSSR count). The molecule has 0 saturated carbocycles. The molecule has 0 unspecified atom stereocenters. The Balaban J connectivity index is 0.00000300. The Morgan fingerprint density at radius 2 is 2.07 bits per heavy atom. The number of carbonyl (C=O) groups excluding carboxylic acids is 1. The standard InChI is InChI=1S/C19H21ClF2N4O2.HI/c1-13(18(27)24-17-4-3-15(20)11-23-17)25-10-7-19(21,22)16(12-25)14-5-8-26(28-2)9-6-14;/h3-6,8-9,11,13,16H,7,10,12H2,1-2H3;1H/t13-,16+;/m0./s1. The lowest BCUT2D eigenvalue weighted by Crippen LogP contribution is -3.00. The van der Waals surface area contributed by atoms with Crippen molar-refractivity contribution in [2.45, 2.75) is 31.2 Å². The molecule has 6 nitrogen and oxygen atoms in total. The summed E-state index contributed by atoms with van der Waals surface area (Å²) in [5, 5.41) is 3.16. The Labute approximate surface area is 190 Å². The number of nitrogens with zero attached hydrogens (tertiary/aromatic N) is 3. The van der Waals surface area contributed by atoms with Crippen LogP contribution in [0.5, 0.6) is 0 Å². The van der Waals surface area contributed by atoms with Gasteiger partial charge in [0.15, 0.2) is 0 Å². The van der Waals surface area contributed by atoms with Crippen molar-refractivity contribution in [3.8, 4) is 0 Å². The molecule has 3 heterocycles. The van der Waals surface area contributed by atoms with Crippen LogP contribution in [0.25, 0.3) is 0 Å². The van der Waals surface area contributed by atoms with Gasteiger partial charge in [-0.2, -0.15) is 0 Å². The first-order valence-corrected chi connectivity index (χ1v) is 9.28. The van der Waals surface area contributed by atoms with Crippen molar-refractivity contribution in [2.75, 3.05) is 25.5 Å². The molecule has 2 aromatic rings. The third-order valence-electron chi connectivity index (χ3n) is 5.01. The van der Waals surface area contributed by atoms with Gasteiger partial charge in [0.1, 0.15) is 12.9 Å². The summed E-state index contributed by atoms with van der Waals surface area (Å²) in [6, 6.07) is 5.87. The maximum absolute atomic E-state index is 14.6. The Morgan fingerprint density at radius 3 is 2.66 bits per heavy atom. The summed E-state index contributed by atoms with van der Waals surface area (Å²) >= 11 is 5.79. The van der Waals surface area contributed by atoms with Crippen LogP contribution in [0.15, 0.2) is 42.9 Å². The molecule has 0 spiro atoms. The van der Waals surface area contributed by atoms with Crippen LogP contribution in [0.2, 0.25) is 5.02 Å². The zero-order valence-electron chi connectivity index (χ0n) is 16.0. The molecule has 1 amide bonds. The van der Waals surface area contributed by atoms with Crippen molar-refractivity contribution in [1.29, 1.82) is 0 Å². The van der Waals surface area contributed by atoms with Gasteiger partial charge in [0.2, 0.25) is 18.3 Å². The maximum Gasteiger partial charge on any atom is 0.257 e. The van der Waals surface area contributed by atoms with Crippen LogP contribution in [-0.2, 0) is 4.79 Å². The molecule has 1 N–H and O–H groups in total. The van der Waals surface area contributed by atoms with Gasteiger partial charge in [0.25, 0.3) is 5.92 Å². The molecule has 2 aromatic heterocycles. The number of nitrogens with one attached hydrogen (secondary N) is 1. The summed E-state index contributed by atoms with van der Waals surface area (Å²) in [5.74, 6) is -3.78. The molecule has 0 aromatic carbocycles. The van der Waals surface area contributed by atoms with Crippen LogP contribution in [0.3, 0.4) is 0 Å². The van der Waals surface area contributed by atoms with Crippen LogP contribution in [0.4, 0.5) is 14.6 Å². The molecule has 1 saturated heterocycles. The lowest BCUT2D eigenvalue weighted by atomic mass is 9.87. The molecule has 10 heteroatoms. The molecule has 158 valence electrons. The summed E-state index contributed by atoms with van der Waals surface area (Å²) in [6.07, 6.45) is 4.30. The molecular formula is C19H22ClF2IN4O2. The fourth-order valence-electron chi connectivity index (χ4n) is 3.25. The van der Waals surface area contributed by atoms with E-state index in [1.807, 2.05) is 0 Å². The largest absolute Gasteiger partial charge is 1.00 e. The molecule has 2 atom stereocenters. The average molecular weight is 539 g/mol. The minimum absolute atomic E-state index is 0. The Hall–Kier alpha value is -1.59. The topological polar surface area (TPSA) is 58.3 Å². The SMILES string of the molecule is CO[n+]1ccc([C@H]2CN([C@@H](C)C(=O)Nc3ccc(Cl)cn3)CCC2(F)F)cc1.[I-]. The lowest BCUT2D eigenvalue weighted by molar-refractivity contribution is -0.885. The van der Waals surface area contributed by atoms with Crippen molar-refractivity contribution in [3.63, 3.8) is 0 Å². The number of hydrogen-bond acceptors (Lipinski definition) is 4. The first-order chi connectivity index (χ1) is 13.3. The number of pyridine rings is 2. The van der Waals surface area contributed by atoms with E-state index in [0.717, 1.165) is 0 Å². The second-order valence-corrected chi connectivity index (χ2v) is 7.20. The number of carbonyl (C=O) groups is 1. The summed E-state index contributed by atoms with van der Waals surface area (Å²) in [6.45, 7) is 1.92. The second kappa shape index (κ2) is 9.94.